The number of piperidine rings is 1. The molecule has 0 spiro atoms. The second-order valence-electron chi connectivity index (χ2n) is 6.70. The summed E-state index contributed by atoms with van der Waals surface area (Å²) in [4.78, 5) is 13.8. The first-order chi connectivity index (χ1) is 12.0. The predicted octanol–water partition coefficient (Wildman–Crippen LogP) is 4.24. The van der Waals surface area contributed by atoms with Crippen LogP contribution in [-0.4, -0.2) is 45.7 Å². The number of likely N-dealkylation sites (tertiary alicyclic amines) is 1. The van der Waals surface area contributed by atoms with E-state index in [1.807, 2.05) is 23.4 Å². The Morgan fingerprint density at radius 3 is 2.96 bits per heavy atom. The summed E-state index contributed by atoms with van der Waals surface area (Å²) in [5.74, 6) is 0.193. The molecule has 0 aromatic carbocycles. The second kappa shape index (κ2) is 6.29. The molecule has 0 radical (unpaired) electrons. The summed E-state index contributed by atoms with van der Waals surface area (Å²) >= 11 is 0. The third-order valence-electron chi connectivity index (χ3n) is 4.99. The Hall–Kier alpha value is -2.15. The molecule has 0 amide bonds. The van der Waals surface area contributed by atoms with Gasteiger partial charge in [-0.15, -0.1) is 0 Å². The zero-order valence-corrected chi connectivity index (χ0v) is 13.7. The molecule has 132 valence electrons. The molecule has 1 fully saturated rings. The van der Waals surface area contributed by atoms with Gasteiger partial charge in [0.25, 0.3) is 0 Å². The second-order valence-corrected chi connectivity index (χ2v) is 6.70. The van der Waals surface area contributed by atoms with Gasteiger partial charge in [-0.05, 0) is 36.9 Å². The number of halogens is 3. The lowest BCUT2D eigenvalue weighted by molar-refractivity contribution is -0.138. The van der Waals surface area contributed by atoms with Crippen LogP contribution >= 0.6 is 0 Å². The molecule has 0 saturated carbocycles. The molecule has 3 aromatic rings. The first kappa shape index (κ1) is 16.3. The van der Waals surface area contributed by atoms with Crippen LogP contribution in [-0.2, 0) is 0 Å². The van der Waals surface area contributed by atoms with Crippen molar-refractivity contribution in [1.82, 2.24) is 19.9 Å². The topological polar surface area (TPSA) is 44.8 Å². The van der Waals surface area contributed by atoms with Gasteiger partial charge in [-0.3, -0.25) is 4.98 Å². The molecule has 0 aliphatic carbocycles. The average Bonchev–Trinajstić information content (AvgIpc) is 3.08. The minimum absolute atomic E-state index is 0.0688. The fourth-order valence-electron chi connectivity index (χ4n) is 3.81. The van der Waals surface area contributed by atoms with E-state index in [4.69, 9.17) is 0 Å². The third-order valence-corrected chi connectivity index (χ3v) is 4.99. The number of nitrogens with one attached hydrogen (secondary N) is 1. The highest BCUT2D eigenvalue weighted by Gasteiger charge is 2.30. The van der Waals surface area contributed by atoms with Gasteiger partial charge in [-0.1, -0.05) is 0 Å². The number of nitrogens with zero attached hydrogens (tertiary/aromatic N) is 3. The van der Waals surface area contributed by atoms with Crippen LogP contribution in [0.4, 0.5) is 13.2 Å². The molecular formula is C18H19F3N4. The number of hydrogen-bond acceptors (Lipinski definition) is 3. The maximum atomic E-state index is 12.5. The van der Waals surface area contributed by atoms with E-state index in [2.05, 4.69) is 15.0 Å². The van der Waals surface area contributed by atoms with Crippen LogP contribution in [0.2, 0.25) is 0 Å². The smallest absolute Gasteiger partial charge is 0.346 e. The van der Waals surface area contributed by atoms with E-state index in [0.29, 0.717) is 6.54 Å². The molecule has 1 atom stereocenters. The normalized spacial score (nSPS) is 19.7. The van der Waals surface area contributed by atoms with Gasteiger partial charge in [0, 0.05) is 54.0 Å². The third kappa shape index (κ3) is 3.33. The van der Waals surface area contributed by atoms with Crippen molar-refractivity contribution >= 4 is 21.8 Å². The molecular weight excluding hydrogens is 329 g/mol. The SMILES string of the molecule is FC(F)(F)CCN1CCCC(c2cncc3cnc4[nH]ccc4c23)C1. The molecule has 1 N–H and O–H groups in total. The van der Waals surface area contributed by atoms with Crippen LogP contribution in [0.15, 0.2) is 30.9 Å². The van der Waals surface area contributed by atoms with Crippen molar-refractivity contribution in [3.63, 3.8) is 0 Å². The highest BCUT2D eigenvalue weighted by molar-refractivity contribution is 6.06. The van der Waals surface area contributed by atoms with Gasteiger partial charge in [0.1, 0.15) is 5.65 Å². The van der Waals surface area contributed by atoms with Crippen molar-refractivity contribution in [3.05, 3.63) is 36.4 Å². The minimum Gasteiger partial charge on any atom is -0.346 e. The standard InChI is InChI=1S/C18H19F3N4/c19-18(20,21)4-7-25-6-1-2-12(11-25)15-10-22-8-13-9-24-17-14(16(13)15)3-5-23-17/h3,5,8-10,12H,1-2,4,6-7,11H2,(H,23,24). The van der Waals surface area contributed by atoms with Crippen LogP contribution in [0.1, 0.15) is 30.7 Å². The number of aromatic amines is 1. The molecule has 7 heteroatoms. The van der Waals surface area contributed by atoms with Crippen molar-refractivity contribution in [3.8, 4) is 0 Å². The Morgan fingerprint density at radius 1 is 1.24 bits per heavy atom. The van der Waals surface area contributed by atoms with Gasteiger partial charge < -0.3 is 9.88 Å². The van der Waals surface area contributed by atoms with Gasteiger partial charge >= 0.3 is 6.18 Å². The van der Waals surface area contributed by atoms with Crippen molar-refractivity contribution in [2.45, 2.75) is 31.4 Å². The maximum Gasteiger partial charge on any atom is 0.390 e. The summed E-state index contributed by atoms with van der Waals surface area (Å²) in [7, 11) is 0. The number of pyridine rings is 2. The number of alkyl halides is 3. The molecule has 25 heavy (non-hydrogen) atoms. The lowest BCUT2D eigenvalue weighted by Crippen LogP contribution is -2.36. The number of rotatable bonds is 3. The Morgan fingerprint density at radius 2 is 2.12 bits per heavy atom. The lowest BCUT2D eigenvalue weighted by atomic mass is 9.88. The summed E-state index contributed by atoms with van der Waals surface area (Å²) in [6.45, 7) is 1.44. The van der Waals surface area contributed by atoms with Gasteiger partial charge in [-0.2, -0.15) is 13.2 Å². The van der Waals surface area contributed by atoms with Crippen LogP contribution in [0.3, 0.4) is 0 Å². The highest BCUT2D eigenvalue weighted by Crippen LogP contribution is 2.35. The van der Waals surface area contributed by atoms with E-state index in [1.54, 1.807) is 12.4 Å². The van der Waals surface area contributed by atoms with Crippen LogP contribution in [0.25, 0.3) is 21.8 Å². The Kier molecular flexibility index (Phi) is 4.11. The fraction of sp³-hybridized carbons (Fsp3) is 0.444. The van der Waals surface area contributed by atoms with Gasteiger partial charge in [0.2, 0.25) is 0 Å². The molecule has 1 aliphatic rings. The Labute approximate surface area is 143 Å². The molecule has 0 bridgehead atoms. The molecule has 4 heterocycles. The first-order valence-electron chi connectivity index (χ1n) is 8.50. The van der Waals surface area contributed by atoms with Crippen LogP contribution < -0.4 is 0 Å². The summed E-state index contributed by atoms with van der Waals surface area (Å²) in [6, 6.07) is 2.00. The van der Waals surface area contributed by atoms with E-state index >= 15 is 0 Å². The summed E-state index contributed by atoms with van der Waals surface area (Å²) in [5.41, 5.74) is 1.94. The maximum absolute atomic E-state index is 12.5. The molecule has 3 aromatic heterocycles. The zero-order valence-electron chi connectivity index (χ0n) is 13.7. The van der Waals surface area contributed by atoms with Crippen molar-refractivity contribution in [1.29, 1.82) is 0 Å². The van der Waals surface area contributed by atoms with E-state index < -0.39 is 12.6 Å². The van der Waals surface area contributed by atoms with Gasteiger partial charge in [-0.25, -0.2) is 4.98 Å². The number of hydrogen-bond donors (Lipinski definition) is 1. The van der Waals surface area contributed by atoms with Crippen molar-refractivity contribution in [2.24, 2.45) is 0 Å². The quantitative estimate of drug-likeness (QED) is 0.770. The highest BCUT2D eigenvalue weighted by atomic mass is 19.4. The largest absolute Gasteiger partial charge is 0.390 e. The van der Waals surface area contributed by atoms with Crippen LogP contribution in [0.5, 0.6) is 0 Å². The van der Waals surface area contributed by atoms with Gasteiger partial charge in [0.15, 0.2) is 0 Å². The summed E-state index contributed by atoms with van der Waals surface area (Å²) in [5, 5.41) is 3.13. The monoisotopic (exact) mass is 348 g/mol. The minimum atomic E-state index is -4.10. The van der Waals surface area contributed by atoms with E-state index in [1.165, 1.54) is 0 Å². The van der Waals surface area contributed by atoms with E-state index in [9.17, 15) is 13.2 Å². The average molecular weight is 348 g/mol. The number of aromatic nitrogens is 3. The lowest BCUT2D eigenvalue weighted by Gasteiger charge is -2.33. The Balaban J connectivity index is 1.66. The van der Waals surface area contributed by atoms with E-state index in [-0.39, 0.29) is 12.5 Å². The molecule has 1 unspecified atom stereocenters. The number of fused-ring (bicyclic) bond motifs is 3. The predicted molar refractivity (Wildman–Crippen MR) is 90.5 cm³/mol. The fourth-order valence-corrected chi connectivity index (χ4v) is 3.81. The molecule has 1 saturated heterocycles. The molecule has 1 aliphatic heterocycles. The van der Waals surface area contributed by atoms with Gasteiger partial charge in [0.05, 0.1) is 6.42 Å². The summed E-state index contributed by atoms with van der Waals surface area (Å²) in [6.07, 6.45) is 4.34. The molecule has 4 rings (SSSR count). The number of H-pyrrole nitrogens is 1. The zero-order chi connectivity index (χ0) is 17.4. The summed E-state index contributed by atoms with van der Waals surface area (Å²) < 4.78 is 37.6. The van der Waals surface area contributed by atoms with Crippen LogP contribution in [0, 0.1) is 0 Å². The first-order valence-corrected chi connectivity index (χ1v) is 8.50. The Bertz CT molecular complexity index is 887. The van der Waals surface area contributed by atoms with Crippen molar-refractivity contribution in [2.75, 3.05) is 19.6 Å². The molecule has 4 nitrogen and oxygen atoms in total. The van der Waals surface area contributed by atoms with Crippen molar-refractivity contribution < 1.29 is 13.2 Å². The van der Waals surface area contributed by atoms with E-state index in [0.717, 1.165) is 46.8 Å².